The van der Waals surface area contributed by atoms with Gasteiger partial charge in [-0.2, -0.15) is 0 Å². The molecule has 2 heterocycles. The van der Waals surface area contributed by atoms with E-state index in [1.807, 2.05) is 0 Å². The fourth-order valence-corrected chi connectivity index (χ4v) is 7.83. The normalized spacial score (nSPS) is 29.5. The van der Waals surface area contributed by atoms with Gasteiger partial charge < -0.3 is 34.3 Å². The highest BCUT2D eigenvalue weighted by molar-refractivity contribution is 6.16. The van der Waals surface area contributed by atoms with Crippen molar-refractivity contribution in [2.24, 2.45) is 0 Å². The van der Waals surface area contributed by atoms with Gasteiger partial charge in [-0.3, -0.25) is 14.4 Å². The first kappa shape index (κ1) is 26.5. The maximum absolute atomic E-state index is 14.1. The van der Waals surface area contributed by atoms with Gasteiger partial charge >= 0.3 is 0 Å². The number of hydrogen-bond donors (Lipinski definition) is 3. The monoisotopic (exact) mass is 578 g/mol. The lowest BCUT2D eigenvalue weighted by atomic mass is 9.56. The van der Waals surface area contributed by atoms with E-state index in [2.05, 4.69) is 0 Å². The van der Waals surface area contributed by atoms with Crippen molar-refractivity contribution in [3.63, 3.8) is 0 Å². The Hall–Kier alpha value is -4.39. The Morgan fingerprint density at radius 3 is 2.19 bits per heavy atom. The summed E-state index contributed by atoms with van der Waals surface area (Å²) in [4.78, 5) is 53.8. The Morgan fingerprint density at radius 1 is 0.929 bits per heavy atom. The summed E-state index contributed by atoms with van der Waals surface area (Å²) in [5.74, 6) is -4.74. The number of rotatable bonds is 5. The van der Waals surface area contributed by atoms with Crippen LogP contribution in [-0.4, -0.2) is 66.7 Å². The minimum Gasteiger partial charge on any atom is -0.507 e. The third-order valence-electron chi connectivity index (χ3n) is 9.12. The van der Waals surface area contributed by atoms with E-state index < -0.39 is 51.6 Å². The molecular formula is C30H26O12. The number of phenols is 2. The summed E-state index contributed by atoms with van der Waals surface area (Å²) < 4.78 is 22.7. The van der Waals surface area contributed by atoms with Gasteiger partial charge in [0, 0.05) is 52.0 Å². The van der Waals surface area contributed by atoms with E-state index in [1.54, 1.807) is 0 Å². The number of fused-ring (bicyclic) bond motifs is 1. The average Bonchev–Trinajstić information content (AvgIpc) is 3.03. The zero-order valence-corrected chi connectivity index (χ0v) is 23.5. The van der Waals surface area contributed by atoms with Gasteiger partial charge in [-0.1, -0.05) is 0 Å². The Morgan fingerprint density at radius 2 is 1.60 bits per heavy atom. The topological polar surface area (TPSA) is 167 Å². The minimum absolute atomic E-state index is 0.0304. The summed E-state index contributed by atoms with van der Waals surface area (Å²) in [5.41, 5.74) is -5.64. The highest BCUT2D eigenvalue weighted by Crippen LogP contribution is 2.72. The van der Waals surface area contributed by atoms with Crippen LogP contribution >= 0.6 is 0 Å². The standard InChI is InChI=1S/C30H26O12/c1-10(31)19-18-23-22-17(25(35)27(18)40-6)13(33)8-15(38-4)30(22)20-14(37-3)7-12(32)16-21(20)29(23,41-42-30)11(9-28(19,2)36)26(39-5)24(16)34/h7-8,19,32,35-36H,9H2,1-6H3/t19-,28+,29-,30-/m0/s1. The number of ketones is 3. The van der Waals surface area contributed by atoms with Gasteiger partial charge in [0.1, 0.15) is 23.0 Å². The molecule has 4 aliphatic carbocycles. The number of hydrogen-bond acceptors (Lipinski definition) is 12. The molecule has 12 nitrogen and oxygen atoms in total. The number of aliphatic hydroxyl groups is 1. The van der Waals surface area contributed by atoms with Crippen molar-refractivity contribution in [1.29, 1.82) is 0 Å². The van der Waals surface area contributed by atoms with Crippen LogP contribution < -0.4 is 9.47 Å². The molecule has 8 rings (SSSR count). The molecule has 3 N–H and O–H groups in total. The summed E-state index contributed by atoms with van der Waals surface area (Å²) in [5, 5.41) is 35.0. The molecule has 0 fully saturated rings. The van der Waals surface area contributed by atoms with Gasteiger partial charge in [-0.05, 0) is 13.8 Å². The van der Waals surface area contributed by atoms with E-state index in [4.69, 9.17) is 28.7 Å². The van der Waals surface area contributed by atoms with Crippen molar-refractivity contribution in [2.45, 2.75) is 43.0 Å². The Balaban J connectivity index is 1.87. The largest absolute Gasteiger partial charge is 0.507 e. The van der Waals surface area contributed by atoms with Crippen molar-refractivity contribution in [3.8, 4) is 23.0 Å². The van der Waals surface area contributed by atoms with Crippen LogP contribution in [0, 0.1) is 0 Å². The lowest BCUT2D eigenvalue weighted by Gasteiger charge is -2.57. The average molecular weight is 579 g/mol. The Kier molecular flexibility index (Phi) is 4.99. The second-order valence-electron chi connectivity index (χ2n) is 11.2. The fourth-order valence-electron chi connectivity index (χ4n) is 7.83. The quantitative estimate of drug-likeness (QED) is 0.444. The third kappa shape index (κ3) is 2.54. The molecule has 0 radical (unpaired) electrons. The van der Waals surface area contributed by atoms with Crippen molar-refractivity contribution in [1.82, 2.24) is 0 Å². The number of ether oxygens (including phenoxy) is 4. The lowest BCUT2D eigenvalue weighted by molar-refractivity contribution is -0.417. The highest BCUT2D eigenvalue weighted by Gasteiger charge is 2.73. The molecule has 6 aliphatic rings. The molecule has 2 bridgehead atoms. The Labute approximate surface area is 238 Å². The lowest BCUT2D eigenvalue weighted by Crippen LogP contribution is -2.58. The van der Waals surface area contributed by atoms with E-state index in [1.165, 1.54) is 48.4 Å². The van der Waals surface area contributed by atoms with E-state index >= 15 is 0 Å². The predicted molar refractivity (Wildman–Crippen MR) is 139 cm³/mol. The summed E-state index contributed by atoms with van der Waals surface area (Å²) in [6.07, 6.45) is 0.763. The van der Waals surface area contributed by atoms with Gasteiger partial charge in [0.2, 0.25) is 11.4 Å². The highest BCUT2D eigenvalue weighted by atomic mass is 17.2. The van der Waals surface area contributed by atoms with Gasteiger partial charge in [-0.15, -0.1) is 0 Å². The smallest absolute Gasteiger partial charge is 0.231 e. The molecule has 2 spiro atoms. The number of aromatic hydroxyl groups is 2. The molecule has 0 aromatic heterocycles. The molecular weight excluding hydrogens is 552 g/mol. The third-order valence-corrected chi connectivity index (χ3v) is 9.12. The predicted octanol–water partition coefficient (Wildman–Crippen LogP) is 2.53. The van der Waals surface area contributed by atoms with Crippen molar-refractivity contribution in [2.75, 3.05) is 28.4 Å². The number of carbonyl (C=O) groups excluding carboxylic acids is 3. The fraction of sp³-hybridized carbons (Fsp3) is 0.367. The van der Waals surface area contributed by atoms with Gasteiger partial charge in [0.25, 0.3) is 0 Å². The van der Waals surface area contributed by atoms with Crippen LogP contribution in [0.1, 0.15) is 74.7 Å². The van der Waals surface area contributed by atoms with Crippen LogP contribution in [0.2, 0.25) is 0 Å². The number of phenolic OH excluding ortho intramolecular Hbond substituents is 2. The zero-order chi connectivity index (χ0) is 30.3. The maximum atomic E-state index is 14.1. The van der Waals surface area contributed by atoms with Crippen LogP contribution in [0.4, 0.5) is 0 Å². The summed E-state index contributed by atoms with van der Waals surface area (Å²) >= 11 is 0. The van der Waals surface area contributed by atoms with Gasteiger partial charge in [-0.25, -0.2) is 9.78 Å². The number of allylic oxidation sites excluding steroid dienone is 2. The minimum atomic E-state index is -1.97. The molecule has 0 saturated carbocycles. The van der Waals surface area contributed by atoms with Crippen LogP contribution in [0.15, 0.2) is 29.2 Å². The maximum Gasteiger partial charge on any atom is 0.231 e. The van der Waals surface area contributed by atoms with Gasteiger partial charge in [0.15, 0.2) is 28.6 Å². The first-order valence-corrected chi connectivity index (χ1v) is 13.0. The van der Waals surface area contributed by atoms with E-state index in [-0.39, 0.29) is 74.0 Å². The van der Waals surface area contributed by atoms with Gasteiger partial charge in [0.05, 0.1) is 51.1 Å². The van der Waals surface area contributed by atoms with E-state index in [0.29, 0.717) is 0 Å². The molecule has 4 atom stereocenters. The molecule has 2 aliphatic heterocycles. The first-order valence-electron chi connectivity index (χ1n) is 13.0. The molecule has 12 heteroatoms. The van der Waals surface area contributed by atoms with Crippen molar-refractivity contribution in [3.05, 3.63) is 68.2 Å². The van der Waals surface area contributed by atoms with Crippen LogP contribution in [0.5, 0.6) is 23.0 Å². The van der Waals surface area contributed by atoms with Crippen LogP contribution in [0.3, 0.4) is 0 Å². The van der Waals surface area contributed by atoms with Crippen LogP contribution in [0.25, 0.3) is 0 Å². The number of carbonyl (C=O) groups is 3. The second-order valence-corrected chi connectivity index (χ2v) is 11.2. The van der Waals surface area contributed by atoms with Crippen molar-refractivity contribution < 1.29 is 58.4 Å². The zero-order valence-electron chi connectivity index (χ0n) is 23.5. The molecule has 0 unspecified atom stereocenters. The first-order chi connectivity index (χ1) is 19.9. The number of methoxy groups -OCH3 is 4. The summed E-state index contributed by atoms with van der Waals surface area (Å²) in [6, 6.07) is 1.23. The SMILES string of the molecule is COC1=CC(=O)c2c(O)c(OC)c3c4c2[C@]12OO[C@]41C(=C(OC)C(=O)c4c(O)cc(OC)c2c41)C[C@@](C)(O)[C@H]3C(C)=O. The number of benzene rings is 2. The molecule has 2 aromatic rings. The van der Waals surface area contributed by atoms with E-state index in [0.717, 1.165) is 6.08 Å². The summed E-state index contributed by atoms with van der Waals surface area (Å²) in [6.45, 7) is 2.69. The Bertz CT molecular complexity index is 1780. The second kappa shape index (κ2) is 7.91. The number of Topliss-reactive ketones (excluding diaryl/α,β-unsaturated/α-hetero) is 2. The summed E-state index contributed by atoms with van der Waals surface area (Å²) in [7, 11) is 5.17. The van der Waals surface area contributed by atoms with Crippen LogP contribution in [-0.2, 0) is 35.2 Å². The van der Waals surface area contributed by atoms with Crippen molar-refractivity contribution >= 4 is 17.3 Å². The molecule has 218 valence electrons. The van der Waals surface area contributed by atoms with E-state index in [9.17, 15) is 29.7 Å². The molecule has 42 heavy (non-hydrogen) atoms. The molecule has 0 amide bonds. The molecule has 2 aromatic carbocycles. The molecule has 0 saturated heterocycles.